The standard InChI is InChI=1S/C15H27NO/c1-12(2)16-11-14-9-6-10-17-15(14)13-7-4-3-5-8-13/h3-4,12-16H,5-11H2,1-2H3. The van der Waals surface area contributed by atoms with Crippen LogP contribution >= 0.6 is 0 Å². The summed E-state index contributed by atoms with van der Waals surface area (Å²) < 4.78 is 6.09. The predicted octanol–water partition coefficient (Wildman–Crippen LogP) is 3.14. The molecule has 0 spiro atoms. The highest BCUT2D eigenvalue weighted by Gasteiger charge is 2.32. The Kier molecular flexibility index (Phi) is 5.05. The largest absolute Gasteiger partial charge is 0.378 e. The average Bonchev–Trinajstić information content (AvgIpc) is 2.38. The quantitative estimate of drug-likeness (QED) is 0.758. The molecule has 2 rings (SSSR count). The van der Waals surface area contributed by atoms with Crippen molar-refractivity contribution < 1.29 is 4.74 Å². The van der Waals surface area contributed by atoms with Crippen molar-refractivity contribution in [3.8, 4) is 0 Å². The monoisotopic (exact) mass is 237 g/mol. The van der Waals surface area contributed by atoms with Crippen LogP contribution in [0.3, 0.4) is 0 Å². The van der Waals surface area contributed by atoms with Gasteiger partial charge in [-0.2, -0.15) is 0 Å². The first-order chi connectivity index (χ1) is 8.27. The zero-order valence-corrected chi connectivity index (χ0v) is 11.3. The maximum absolute atomic E-state index is 6.09. The van der Waals surface area contributed by atoms with Crippen molar-refractivity contribution in [3.63, 3.8) is 0 Å². The molecule has 0 aromatic rings. The minimum atomic E-state index is 0.500. The molecule has 0 amide bonds. The second kappa shape index (κ2) is 6.55. The third kappa shape index (κ3) is 3.82. The zero-order chi connectivity index (χ0) is 12.1. The molecule has 17 heavy (non-hydrogen) atoms. The molecule has 1 aliphatic heterocycles. The van der Waals surface area contributed by atoms with Crippen LogP contribution in [-0.4, -0.2) is 25.3 Å². The molecule has 0 aromatic heterocycles. The zero-order valence-electron chi connectivity index (χ0n) is 11.3. The fraction of sp³-hybridized carbons (Fsp3) is 0.867. The molecule has 0 radical (unpaired) electrons. The van der Waals surface area contributed by atoms with Gasteiger partial charge in [0.2, 0.25) is 0 Å². The van der Waals surface area contributed by atoms with Crippen LogP contribution in [0, 0.1) is 11.8 Å². The van der Waals surface area contributed by atoms with Gasteiger partial charge in [0.05, 0.1) is 6.10 Å². The van der Waals surface area contributed by atoms with Crippen LogP contribution in [0.2, 0.25) is 0 Å². The summed E-state index contributed by atoms with van der Waals surface area (Å²) >= 11 is 0. The van der Waals surface area contributed by atoms with Gasteiger partial charge in [0, 0.05) is 19.2 Å². The smallest absolute Gasteiger partial charge is 0.0646 e. The summed E-state index contributed by atoms with van der Waals surface area (Å²) in [5.74, 6) is 1.49. The molecule has 1 aliphatic carbocycles. The molecule has 2 aliphatic rings. The van der Waals surface area contributed by atoms with Gasteiger partial charge < -0.3 is 10.1 Å². The molecule has 0 bridgehead atoms. The Morgan fingerprint density at radius 2 is 2.18 bits per heavy atom. The van der Waals surface area contributed by atoms with E-state index in [4.69, 9.17) is 4.74 Å². The van der Waals surface area contributed by atoms with Crippen LogP contribution in [0.4, 0.5) is 0 Å². The fourth-order valence-electron chi connectivity index (χ4n) is 3.11. The molecule has 0 aromatic carbocycles. The molecule has 2 nitrogen and oxygen atoms in total. The Hall–Kier alpha value is -0.340. The molecule has 1 N–H and O–H groups in total. The number of hydrogen-bond acceptors (Lipinski definition) is 2. The van der Waals surface area contributed by atoms with Crippen molar-refractivity contribution in [2.45, 2.75) is 58.1 Å². The Bertz CT molecular complexity index is 249. The van der Waals surface area contributed by atoms with Crippen molar-refractivity contribution in [2.24, 2.45) is 11.8 Å². The lowest BCUT2D eigenvalue weighted by atomic mass is 9.80. The van der Waals surface area contributed by atoms with E-state index < -0.39 is 0 Å². The van der Waals surface area contributed by atoms with Crippen molar-refractivity contribution in [1.29, 1.82) is 0 Å². The summed E-state index contributed by atoms with van der Waals surface area (Å²) in [6.45, 7) is 6.55. The highest BCUT2D eigenvalue weighted by atomic mass is 16.5. The minimum Gasteiger partial charge on any atom is -0.378 e. The predicted molar refractivity (Wildman–Crippen MR) is 72.1 cm³/mol. The Morgan fingerprint density at radius 1 is 1.29 bits per heavy atom. The topological polar surface area (TPSA) is 21.3 Å². The van der Waals surface area contributed by atoms with Gasteiger partial charge >= 0.3 is 0 Å². The first-order valence-corrected chi connectivity index (χ1v) is 7.27. The Morgan fingerprint density at radius 3 is 2.88 bits per heavy atom. The molecule has 2 heteroatoms. The van der Waals surface area contributed by atoms with Crippen molar-refractivity contribution in [3.05, 3.63) is 12.2 Å². The normalized spacial score (nSPS) is 34.2. The van der Waals surface area contributed by atoms with Crippen LogP contribution in [-0.2, 0) is 4.74 Å². The molecular weight excluding hydrogens is 210 g/mol. The summed E-state index contributed by atoms with van der Waals surface area (Å²) in [6, 6.07) is 0.587. The second-order valence-corrected chi connectivity index (χ2v) is 5.85. The molecule has 3 atom stereocenters. The molecule has 3 unspecified atom stereocenters. The van der Waals surface area contributed by atoms with Gasteiger partial charge in [0.15, 0.2) is 0 Å². The third-order valence-electron chi connectivity index (χ3n) is 4.06. The average molecular weight is 237 g/mol. The lowest BCUT2D eigenvalue weighted by Crippen LogP contribution is -2.42. The van der Waals surface area contributed by atoms with Gasteiger partial charge in [-0.25, -0.2) is 0 Å². The van der Waals surface area contributed by atoms with E-state index in [2.05, 4.69) is 31.3 Å². The van der Waals surface area contributed by atoms with Gasteiger partial charge in [0.25, 0.3) is 0 Å². The fourth-order valence-corrected chi connectivity index (χ4v) is 3.11. The Balaban J connectivity index is 1.89. The van der Waals surface area contributed by atoms with E-state index in [9.17, 15) is 0 Å². The summed E-state index contributed by atoms with van der Waals surface area (Å²) in [6.07, 6.45) is 11.5. The number of ether oxygens (including phenoxy) is 1. The Labute approximate surface area is 106 Å². The minimum absolute atomic E-state index is 0.500. The van der Waals surface area contributed by atoms with Crippen LogP contribution in [0.25, 0.3) is 0 Å². The van der Waals surface area contributed by atoms with Gasteiger partial charge in [-0.05, 0) is 43.9 Å². The third-order valence-corrected chi connectivity index (χ3v) is 4.06. The first kappa shape index (κ1) is 13.1. The highest BCUT2D eigenvalue weighted by Crippen LogP contribution is 2.32. The number of nitrogens with one attached hydrogen (secondary N) is 1. The van der Waals surface area contributed by atoms with Gasteiger partial charge in [0.1, 0.15) is 0 Å². The van der Waals surface area contributed by atoms with Crippen molar-refractivity contribution in [2.75, 3.05) is 13.2 Å². The van der Waals surface area contributed by atoms with E-state index in [-0.39, 0.29) is 0 Å². The van der Waals surface area contributed by atoms with E-state index in [1.165, 1.54) is 32.1 Å². The molecule has 1 saturated heterocycles. The first-order valence-electron chi connectivity index (χ1n) is 7.27. The van der Waals surface area contributed by atoms with E-state index >= 15 is 0 Å². The van der Waals surface area contributed by atoms with Crippen LogP contribution < -0.4 is 5.32 Å². The van der Waals surface area contributed by atoms with Gasteiger partial charge in [-0.3, -0.25) is 0 Å². The summed E-state index contributed by atoms with van der Waals surface area (Å²) in [7, 11) is 0. The molecule has 1 heterocycles. The summed E-state index contributed by atoms with van der Waals surface area (Å²) in [4.78, 5) is 0. The second-order valence-electron chi connectivity index (χ2n) is 5.85. The number of hydrogen-bond donors (Lipinski definition) is 1. The van der Waals surface area contributed by atoms with Crippen molar-refractivity contribution in [1.82, 2.24) is 5.32 Å². The van der Waals surface area contributed by atoms with Crippen LogP contribution in [0.1, 0.15) is 46.0 Å². The molecule has 0 saturated carbocycles. The molecular formula is C15H27NO. The molecule has 98 valence electrons. The van der Waals surface area contributed by atoms with E-state index in [1.54, 1.807) is 0 Å². The number of rotatable bonds is 4. The SMILES string of the molecule is CC(C)NCC1CCCOC1C1CC=CCC1. The van der Waals surface area contributed by atoms with E-state index in [1.807, 2.05) is 0 Å². The lowest BCUT2D eigenvalue weighted by Gasteiger charge is -2.38. The number of allylic oxidation sites excluding steroid dienone is 2. The van der Waals surface area contributed by atoms with Crippen LogP contribution in [0.5, 0.6) is 0 Å². The highest BCUT2D eigenvalue weighted by molar-refractivity contribution is 4.95. The van der Waals surface area contributed by atoms with E-state index in [0.29, 0.717) is 12.1 Å². The van der Waals surface area contributed by atoms with Crippen LogP contribution in [0.15, 0.2) is 12.2 Å². The molecule has 1 fully saturated rings. The maximum atomic E-state index is 6.09. The van der Waals surface area contributed by atoms with Gasteiger partial charge in [-0.15, -0.1) is 0 Å². The lowest BCUT2D eigenvalue weighted by molar-refractivity contribution is -0.0621. The summed E-state index contributed by atoms with van der Waals surface area (Å²) in [5, 5.41) is 3.59. The van der Waals surface area contributed by atoms with Crippen molar-refractivity contribution >= 4 is 0 Å². The maximum Gasteiger partial charge on any atom is 0.0646 e. The summed E-state index contributed by atoms with van der Waals surface area (Å²) in [5.41, 5.74) is 0. The van der Waals surface area contributed by atoms with E-state index in [0.717, 1.165) is 25.0 Å². The van der Waals surface area contributed by atoms with Gasteiger partial charge in [-0.1, -0.05) is 26.0 Å².